The van der Waals surface area contributed by atoms with Crippen LogP contribution in [0.3, 0.4) is 0 Å². The normalized spacial score (nSPS) is 27.3. The summed E-state index contributed by atoms with van der Waals surface area (Å²) in [5, 5.41) is 8.07. The fourth-order valence-corrected chi connectivity index (χ4v) is 3.02. The van der Waals surface area contributed by atoms with Gasteiger partial charge in [0, 0.05) is 6.04 Å². The Balaban J connectivity index is 2.33. The van der Waals surface area contributed by atoms with Gasteiger partial charge in [0.15, 0.2) is 0 Å². The fraction of sp³-hybridized carbons (Fsp3) is 0.786. The van der Waals surface area contributed by atoms with Crippen molar-refractivity contribution in [3.63, 3.8) is 0 Å². The van der Waals surface area contributed by atoms with E-state index in [1.165, 1.54) is 12.8 Å². The number of hydrogen-bond donors (Lipinski definition) is 0. The van der Waals surface area contributed by atoms with Crippen molar-refractivity contribution in [2.24, 2.45) is 11.8 Å². The highest BCUT2D eigenvalue weighted by Gasteiger charge is 2.32. The lowest BCUT2D eigenvalue weighted by Gasteiger charge is -2.35. The lowest BCUT2D eigenvalue weighted by molar-refractivity contribution is 0.0494. The molecule has 1 heterocycles. The molecule has 3 atom stereocenters. The van der Waals surface area contributed by atoms with Crippen molar-refractivity contribution in [2.45, 2.75) is 53.0 Å². The van der Waals surface area contributed by atoms with E-state index in [0.29, 0.717) is 30.3 Å². The molecule has 1 aromatic rings. The number of carbonyl (C=O) groups is 1. The zero-order valence-corrected chi connectivity index (χ0v) is 12.2. The van der Waals surface area contributed by atoms with Crippen LogP contribution in [0, 0.1) is 18.8 Å². The standard InChI is InChI=1S/C14H23N3O2/c1-5-19-14(18)13-16-15-11(4)17(13)12-8-6-7-9(2)10(12)3/h9-10,12H,5-8H2,1-4H3. The molecule has 5 nitrogen and oxygen atoms in total. The predicted octanol–water partition coefficient (Wildman–Crippen LogP) is 2.76. The van der Waals surface area contributed by atoms with Gasteiger partial charge >= 0.3 is 5.97 Å². The monoisotopic (exact) mass is 265 g/mol. The summed E-state index contributed by atoms with van der Waals surface area (Å²) in [6, 6.07) is 0.304. The SMILES string of the molecule is CCOC(=O)c1nnc(C)n1C1CCCC(C)C1C. The van der Waals surface area contributed by atoms with Gasteiger partial charge in [0.25, 0.3) is 0 Å². The third-order valence-electron chi connectivity index (χ3n) is 4.32. The highest BCUT2D eigenvalue weighted by atomic mass is 16.5. The maximum atomic E-state index is 12.0. The molecule has 0 aromatic carbocycles. The Morgan fingerprint density at radius 2 is 2.11 bits per heavy atom. The average Bonchev–Trinajstić information content (AvgIpc) is 2.75. The van der Waals surface area contributed by atoms with E-state index in [9.17, 15) is 4.79 Å². The number of nitrogens with zero attached hydrogens (tertiary/aromatic N) is 3. The number of ether oxygens (including phenoxy) is 1. The van der Waals surface area contributed by atoms with Crippen molar-refractivity contribution in [3.05, 3.63) is 11.6 Å². The first-order valence-electron chi connectivity index (χ1n) is 7.14. The van der Waals surface area contributed by atoms with Crippen LogP contribution in [0.1, 0.15) is 62.5 Å². The Morgan fingerprint density at radius 3 is 2.79 bits per heavy atom. The van der Waals surface area contributed by atoms with Crippen molar-refractivity contribution in [1.82, 2.24) is 14.8 Å². The Hall–Kier alpha value is -1.39. The first kappa shape index (κ1) is 14.0. The van der Waals surface area contributed by atoms with Gasteiger partial charge in [-0.2, -0.15) is 0 Å². The van der Waals surface area contributed by atoms with Crippen molar-refractivity contribution < 1.29 is 9.53 Å². The van der Waals surface area contributed by atoms with Gasteiger partial charge in [-0.3, -0.25) is 0 Å². The van der Waals surface area contributed by atoms with Gasteiger partial charge in [0.2, 0.25) is 5.82 Å². The summed E-state index contributed by atoms with van der Waals surface area (Å²) in [5.41, 5.74) is 0. The second-order valence-electron chi connectivity index (χ2n) is 5.50. The van der Waals surface area contributed by atoms with Gasteiger partial charge in [0.05, 0.1) is 6.61 Å². The molecule has 0 aliphatic heterocycles. The number of carbonyl (C=O) groups excluding carboxylic acids is 1. The molecule has 2 rings (SSSR count). The maximum Gasteiger partial charge on any atom is 0.376 e. The van der Waals surface area contributed by atoms with Gasteiger partial charge in [-0.25, -0.2) is 4.79 Å². The molecular weight excluding hydrogens is 242 g/mol. The maximum absolute atomic E-state index is 12.0. The molecule has 1 aliphatic rings. The zero-order valence-electron chi connectivity index (χ0n) is 12.2. The van der Waals surface area contributed by atoms with Crippen LogP contribution in [-0.2, 0) is 4.74 Å². The van der Waals surface area contributed by atoms with Gasteiger partial charge in [-0.15, -0.1) is 10.2 Å². The Labute approximate surface area is 114 Å². The summed E-state index contributed by atoms with van der Waals surface area (Å²) < 4.78 is 7.06. The van der Waals surface area contributed by atoms with E-state index in [-0.39, 0.29) is 5.97 Å². The third kappa shape index (κ3) is 2.65. The summed E-state index contributed by atoms with van der Waals surface area (Å²) in [6.07, 6.45) is 3.53. The van der Waals surface area contributed by atoms with Crippen LogP contribution in [0.25, 0.3) is 0 Å². The van der Waals surface area contributed by atoms with Crippen molar-refractivity contribution >= 4 is 5.97 Å². The molecular formula is C14H23N3O2. The van der Waals surface area contributed by atoms with E-state index in [4.69, 9.17) is 4.74 Å². The second-order valence-corrected chi connectivity index (χ2v) is 5.50. The molecule has 1 fully saturated rings. The minimum Gasteiger partial charge on any atom is -0.460 e. The quantitative estimate of drug-likeness (QED) is 0.788. The van der Waals surface area contributed by atoms with Crippen LogP contribution < -0.4 is 0 Å². The van der Waals surface area contributed by atoms with Crippen molar-refractivity contribution in [2.75, 3.05) is 6.61 Å². The molecule has 0 spiro atoms. The average molecular weight is 265 g/mol. The molecule has 0 bridgehead atoms. The third-order valence-corrected chi connectivity index (χ3v) is 4.32. The molecule has 0 N–H and O–H groups in total. The molecule has 1 aromatic heterocycles. The number of hydrogen-bond acceptors (Lipinski definition) is 4. The molecule has 1 saturated carbocycles. The molecule has 5 heteroatoms. The van der Waals surface area contributed by atoms with Crippen LogP contribution in [0.15, 0.2) is 0 Å². The zero-order chi connectivity index (χ0) is 14.0. The number of esters is 1. The van der Waals surface area contributed by atoms with Gasteiger partial charge in [-0.05, 0) is 32.1 Å². The van der Waals surface area contributed by atoms with Crippen LogP contribution >= 0.6 is 0 Å². The summed E-state index contributed by atoms with van der Waals surface area (Å²) in [6.45, 7) is 8.60. The summed E-state index contributed by atoms with van der Waals surface area (Å²) in [5.74, 6) is 1.97. The fourth-order valence-electron chi connectivity index (χ4n) is 3.02. The van der Waals surface area contributed by atoms with E-state index < -0.39 is 0 Å². The molecule has 1 aliphatic carbocycles. The van der Waals surface area contributed by atoms with E-state index in [0.717, 1.165) is 12.2 Å². The van der Waals surface area contributed by atoms with Crippen molar-refractivity contribution in [3.8, 4) is 0 Å². The first-order chi connectivity index (χ1) is 9.06. The van der Waals surface area contributed by atoms with Crippen LogP contribution in [-0.4, -0.2) is 27.3 Å². The van der Waals surface area contributed by atoms with E-state index >= 15 is 0 Å². The molecule has 0 saturated heterocycles. The number of rotatable bonds is 3. The highest BCUT2D eigenvalue weighted by Crippen LogP contribution is 2.38. The minimum absolute atomic E-state index is 0.304. The Morgan fingerprint density at radius 1 is 1.37 bits per heavy atom. The summed E-state index contributed by atoms with van der Waals surface area (Å²) in [4.78, 5) is 12.0. The molecule has 0 radical (unpaired) electrons. The molecule has 0 amide bonds. The molecule has 19 heavy (non-hydrogen) atoms. The van der Waals surface area contributed by atoms with Gasteiger partial charge < -0.3 is 9.30 Å². The molecule has 106 valence electrons. The van der Waals surface area contributed by atoms with E-state index in [1.807, 2.05) is 11.5 Å². The second kappa shape index (κ2) is 5.72. The van der Waals surface area contributed by atoms with Crippen LogP contribution in [0.5, 0.6) is 0 Å². The largest absolute Gasteiger partial charge is 0.460 e. The number of aryl methyl sites for hydroxylation is 1. The Kier molecular flexibility index (Phi) is 4.22. The Bertz CT molecular complexity index is 456. The van der Waals surface area contributed by atoms with E-state index in [1.54, 1.807) is 6.92 Å². The smallest absolute Gasteiger partial charge is 0.376 e. The highest BCUT2D eigenvalue weighted by molar-refractivity contribution is 5.85. The lowest BCUT2D eigenvalue weighted by Crippen LogP contribution is -2.30. The molecule has 3 unspecified atom stereocenters. The predicted molar refractivity (Wildman–Crippen MR) is 71.9 cm³/mol. The van der Waals surface area contributed by atoms with Crippen molar-refractivity contribution in [1.29, 1.82) is 0 Å². The topological polar surface area (TPSA) is 57.0 Å². The lowest BCUT2D eigenvalue weighted by atomic mass is 9.78. The van der Waals surface area contributed by atoms with Gasteiger partial charge in [-0.1, -0.05) is 26.7 Å². The summed E-state index contributed by atoms with van der Waals surface area (Å²) in [7, 11) is 0. The minimum atomic E-state index is -0.367. The summed E-state index contributed by atoms with van der Waals surface area (Å²) >= 11 is 0. The first-order valence-corrected chi connectivity index (χ1v) is 7.14. The van der Waals surface area contributed by atoms with Crippen LogP contribution in [0.2, 0.25) is 0 Å². The van der Waals surface area contributed by atoms with E-state index in [2.05, 4.69) is 24.0 Å². The number of aromatic nitrogens is 3. The van der Waals surface area contributed by atoms with Gasteiger partial charge in [0.1, 0.15) is 5.82 Å². The van der Waals surface area contributed by atoms with Crippen LogP contribution in [0.4, 0.5) is 0 Å².